The molecule has 2 aromatic rings. The molecule has 1 aromatic carbocycles. The Hall–Kier alpha value is -2.97. The van der Waals surface area contributed by atoms with E-state index in [1.165, 1.54) is 30.6 Å². The molecule has 0 unspecified atom stereocenters. The van der Waals surface area contributed by atoms with E-state index in [1.807, 2.05) is 0 Å². The van der Waals surface area contributed by atoms with Crippen molar-refractivity contribution in [3.63, 3.8) is 0 Å². The summed E-state index contributed by atoms with van der Waals surface area (Å²) in [5, 5.41) is 10.5. The molecule has 0 bridgehead atoms. The normalized spacial score (nSPS) is 12.9. The van der Waals surface area contributed by atoms with Crippen LogP contribution in [0, 0.1) is 0 Å². The number of fused-ring (bicyclic) bond motifs is 2. The van der Waals surface area contributed by atoms with E-state index in [4.69, 9.17) is 16.3 Å². The van der Waals surface area contributed by atoms with Crippen LogP contribution in [0.5, 0.6) is 0 Å². The lowest BCUT2D eigenvalue weighted by atomic mass is 9.84. The highest BCUT2D eigenvalue weighted by atomic mass is 35.5. The summed E-state index contributed by atoms with van der Waals surface area (Å²) < 4.78 is 5.32. The number of benzene rings is 1. The topological polar surface area (TPSA) is 109 Å². The smallest absolute Gasteiger partial charge is 0.429 e. The van der Waals surface area contributed by atoms with Gasteiger partial charge in [-0.15, -0.1) is 0 Å². The molecule has 152 valence electrons. The summed E-state index contributed by atoms with van der Waals surface area (Å²) in [6.07, 6.45) is 2.01. The average Bonchev–Trinajstić information content (AvgIpc) is 2.65. The quantitative estimate of drug-likeness (QED) is 0.628. The highest BCUT2D eigenvalue weighted by Gasteiger charge is 2.34. The number of aliphatic hydroxyl groups is 1. The van der Waals surface area contributed by atoms with Crippen LogP contribution >= 0.6 is 11.6 Å². The molecule has 0 saturated heterocycles. The average molecular weight is 418 g/mol. The lowest BCUT2D eigenvalue weighted by molar-refractivity contribution is 0.0269. The van der Waals surface area contributed by atoms with E-state index in [1.54, 1.807) is 20.8 Å². The first-order chi connectivity index (χ1) is 13.6. The largest absolute Gasteiger partial charge is 0.442 e. The van der Waals surface area contributed by atoms with Gasteiger partial charge in [-0.25, -0.2) is 9.80 Å². The maximum absolute atomic E-state index is 13.1. The van der Waals surface area contributed by atoms with Gasteiger partial charge in [0.25, 0.3) is 0 Å². The first-order valence-electron chi connectivity index (χ1n) is 8.88. The van der Waals surface area contributed by atoms with Crippen LogP contribution in [0.3, 0.4) is 0 Å². The summed E-state index contributed by atoms with van der Waals surface area (Å²) in [5.74, 6) is -0.850. The number of carbonyl (C=O) groups excluding carboxylic acids is 3. The fourth-order valence-corrected chi connectivity index (χ4v) is 3.17. The number of nitrogens with one attached hydrogen (secondary N) is 1. The van der Waals surface area contributed by atoms with E-state index in [-0.39, 0.29) is 46.1 Å². The summed E-state index contributed by atoms with van der Waals surface area (Å²) in [6, 6.07) is 4.42. The SMILES string of the molecule is CC(C)(C)OC(=O)N(CCO)Nc1ccc(Cl)c2c1C(=O)c1cnccc1C2=O. The van der Waals surface area contributed by atoms with Crippen molar-refractivity contribution < 1.29 is 24.2 Å². The molecule has 2 N–H and O–H groups in total. The number of rotatable bonds is 4. The van der Waals surface area contributed by atoms with E-state index in [0.29, 0.717) is 0 Å². The number of aromatic nitrogens is 1. The monoisotopic (exact) mass is 417 g/mol. The molecule has 1 heterocycles. The number of hydrogen-bond donors (Lipinski definition) is 2. The van der Waals surface area contributed by atoms with Crippen LogP contribution in [-0.2, 0) is 4.74 Å². The third-order valence-corrected chi connectivity index (χ3v) is 4.43. The highest BCUT2D eigenvalue weighted by Crippen LogP contribution is 2.36. The van der Waals surface area contributed by atoms with Crippen molar-refractivity contribution in [2.75, 3.05) is 18.6 Å². The zero-order valence-corrected chi connectivity index (χ0v) is 16.9. The van der Waals surface area contributed by atoms with E-state index in [0.717, 1.165) is 5.01 Å². The Morgan fingerprint density at radius 3 is 2.52 bits per heavy atom. The molecule has 0 aliphatic heterocycles. The minimum Gasteiger partial charge on any atom is -0.442 e. The molecule has 29 heavy (non-hydrogen) atoms. The molecule has 0 atom stereocenters. The number of nitrogens with zero attached hydrogens (tertiary/aromatic N) is 2. The molecule has 0 fully saturated rings. The first-order valence-corrected chi connectivity index (χ1v) is 9.26. The van der Waals surface area contributed by atoms with E-state index in [9.17, 15) is 19.5 Å². The molecule has 1 aliphatic rings. The van der Waals surface area contributed by atoms with E-state index in [2.05, 4.69) is 10.4 Å². The predicted octanol–water partition coefficient (Wildman–Crippen LogP) is 3.07. The zero-order valence-electron chi connectivity index (χ0n) is 16.2. The Kier molecular flexibility index (Phi) is 5.59. The van der Waals surface area contributed by atoms with Crippen LogP contribution in [-0.4, -0.2) is 51.5 Å². The van der Waals surface area contributed by atoms with Gasteiger partial charge in [-0.05, 0) is 39.0 Å². The maximum Gasteiger partial charge on any atom is 0.429 e. The second-order valence-electron chi connectivity index (χ2n) is 7.39. The van der Waals surface area contributed by atoms with Crippen molar-refractivity contribution in [1.82, 2.24) is 9.99 Å². The van der Waals surface area contributed by atoms with Crippen LogP contribution < -0.4 is 5.43 Å². The third-order valence-electron chi connectivity index (χ3n) is 4.11. The van der Waals surface area contributed by atoms with Gasteiger partial charge in [0.05, 0.1) is 40.6 Å². The number of anilines is 1. The number of carbonyl (C=O) groups is 3. The van der Waals surface area contributed by atoms with Crippen molar-refractivity contribution in [3.8, 4) is 0 Å². The van der Waals surface area contributed by atoms with Crippen molar-refractivity contribution in [3.05, 3.63) is 57.9 Å². The van der Waals surface area contributed by atoms with Gasteiger partial charge in [-0.1, -0.05) is 11.6 Å². The molecular weight excluding hydrogens is 398 g/mol. The molecule has 1 aliphatic carbocycles. The summed E-state index contributed by atoms with van der Waals surface area (Å²) in [4.78, 5) is 42.4. The second kappa shape index (κ2) is 7.81. The maximum atomic E-state index is 13.1. The molecule has 9 heteroatoms. The Bertz CT molecular complexity index is 1000. The summed E-state index contributed by atoms with van der Waals surface area (Å²) in [7, 11) is 0. The third kappa shape index (κ3) is 4.08. The lowest BCUT2D eigenvalue weighted by Gasteiger charge is -2.29. The summed E-state index contributed by atoms with van der Waals surface area (Å²) >= 11 is 6.23. The predicted molar refractivity (Wildman–Crippen MR) is 106 cm³/mol. The lowest BCUT2D eigenvalue weighted by Crippen LogP contribution is -2.42. The number of amides is 1. The fourth-order valence-electron chi connectivity index (χ4n) is 2.93. The Morgan fingerprint density at radius 1 is 1.17 bits per heavy atom. The number of hydrazine groups is 1. The number of halogens is 1. The summed E-state index contributed by atoms with van der Waals surface area (Å²) in [5.41, 5.74) is 2.67. The Balaban J connectivity index is 2.05. The van der Waals surface area contributed by atoms with Crippen LogP contribution in [0.1, 0.15) is 52.6 Å². The van der Waals surface area contributed by atoms with Crippen LogP contribution in [0.2, 0.25) is 5.02 Å². The van der Waals surface area contributed by atoms with Gasteiger partial charge in [0.15, 0.2) is 11.6 Å². The molecule has 0 spiro atoms. The van der Waals surface area contributed by atoms with Crippen LogP contribution in [0.4, 0.5) is 10.5 Å². The number of ketones is 2. The van der Waals surface area contributed by atoms with Gasteiger partial charge in [-0.2, -0.15) is 0 Å². The van der Waals surface area contributed by atoms with Gasteiger partial charge < -0.3 is 9.84 Å². The molecule has 3 rings (SSSR count). The zero-order chi connectivity index (χ0) is 21.3. The van der Waals surface area contributed by atoms with Crippen molar-refractivity contribution in [1.29, 1.82) is 0 Å². The molecular formula is C20H20ClN3O5. The standard InChI is InChI=1S/C20H20ClN3O5/c1-20(2,3)29-19(28)24(8-9-25)23-14-5-4-13(21)15-16(14)18(27)12-10-22-7-6-11(12)17(15)26/h4-7,10,23,25H,8-9H2,1-3H3. The fraction of sp³-hybridized carbons (Fsp3) is 0.300. The van der Waals surface area contributed by atoms with Crippen molar-refractivity contribution in [2.45, 2.75) is 26.4 Å². The van der Waals surface area contributed by atoms with Gasteiger partial charge >= 0.3 is 6.09 Å². The van der Waals surface area contributed by atoms with Gasteiger partial charge in [0.1, 0.15) is 5.60 Å². The van der Waals surface area contributed by atoms with Crippen molar-refractivity contribution >= 4 is 34.9 Å². The van der Waals surface area contributed by atoms with E-state index >= 15 is 0 Å². The van der Waals surface area contributed by atoms with Gasteiger partial charge in [0, 0.05) is 18.0 Å². The first kappa shape index (κ1) is 20.8. The number of pyridine rings is 1. The highest BCUT2D eigenvalue weighted by molar-refractivity contribution is 6.39. The van der Waals surface area contributed by atoms with Gasteiger partial charge in [0.2, 0.25) is 0 Å². The number of hydrogen-bond acceptors (Lipinski definition) is 7. The molecule has 0 saturated carbocycles. The number of aliphatic hydroxyl groups excluding tert-OH is 1. The van der Waals surface area contributed by atoms with Crippen molar-refractivity contribution in [2.24, 2.45) is 0 Å². The number of ether oxygens (including phenoxy) is 1. The van der Waals surface area contributed by atoms with E-state index < -0.39 is 23.3 Å². The molecule has 1 aromatic heterocycles. The Labute approximate surface area is 172 Å². The molecule has 0 radical (unpaired) electrons. The van der Waals surface area contributed by atoms with Gasteiger partial charge in [-0.3, -0.25) is 20.0 Å². The molecule has 1 amide bonds. The minimum atomic E-state index is -0.762. The molecule has 8 nitrogen and oxygen atoms in total. The second-order valence-corrected chi connectivity index (χ2v) is 7.80. The Morgan fingerprint density at radius 2 is 1.86 bits per heavy atom. The van der Waals surface area contributed by atoms with Crippen LogP contribution in [0.25, 0.3) is 0 Å². The summed E-state index contributed by atoms with van der Waals surface area (Å²) in [6.45, 7) is 4.67. The minimum absolute atomic E-state index is 0.0366. The van der Waals surface area contributed by atoms with Crippen LogP contribution in [0.15, 0.2) is 30.6 Å².